The minimum atomic E-state index is -4.67. The molecule has 0 aromatic carbocycles. The summed E-state index contributed by atoms with van der Waals surface area (Å²) in [4.78, 5) is 10.0. The van der Waals surface area contributed by atoms with Crippen LogP contribution in [0.5, 0.6) is 0 Å². The van der Waals surface area contributed by atoms with Crippen molar-refractivity contribution >= 4 is 16.4 Å². The van der Waals surface area contributed by atoms with E-state index in [0.717, 1.165) is 0 Å². The highest BCUT2D eigenvalue weighted by Gasteiger charge is 2.08. The van der Waals surface area contributed by atoms with Crippen LogP contribution in [0.2, 0.25) is 0 Å². The van der Waals surface area contributed by atoms with Crippen molar-refractivity contribution in [2.45, 2.75) is 18.9 Å². The van der Waals surface area contributed by atoms with E-state index in [0.29, 0.717) is 19.4 Å². The van der Waals surface area contributed by atoms with Crippen LogP contribution in [0.3, 0.4) is 0 Å². The molecule has 15 heavy (non-hydrogen) atoms. The van der Waals surface area contributed by atoms with Gasteiger partial charge >= 0.3 is 16.4 Å². The summed E-state index contributed by atoms with van der Waals surface area (Å²) in [6.07, 6.45) is 1.14. The lowest BCUT2D eigenvalue weighted by molar-refractivity contribution is -0.138. The van der Waals surface area contributed by atoms with E-state index < -0.39 is 22.4 Å². The van der Waals surface area contributed by atoms with Gasteiger partial charge < -0.3 is 22.1 Å². The molecule has 0 heterocycles. The van der Waals surface area contributed by atoms with Gasteiger partial charge in [0.15, 0.2) is 0 Å². The van der Waals surface area contributed by atoms with Crippen LogP contribution in [-0.4, -0.2) is 46.7 Å². The fourth-order valence-electron chi connectivity index (χ4n) is 0.461. The first-order valence-corrected chi connectivity index (χ1v) is 4.96. The zero-order valence-electron chi connectivity index (χ0n) is 7.83. The Morgan fingerprint density at radius 1 is 1.33 bits per heavy atom. The number of hydrogen-bond acceptors (Lipinski definition) is 5. The molecular weight excluding hydrogens is 232 g/mol. The monoisotopic (exact) mass is 248 g/mol. The van der Waals surface area contributed by atoms with Gasteiger partial charge in [-0.25, -0.2) is 0 Å². The lowest BCUT2D eigenvalue weighted by Crippen LogP contribution is -2.30. The van der Waals surface area contributed by atoms with E-state index in [1.165, 1.54) is 0 Å². The number of hydrogen-bond donors (Lipinski definition) is 5. The molecule has 9 nitrogen and oxygen atoms in total. The standard InChI is InChI=1S/C5H12N2O2.H2O4S.H2O/c6-3-1-2-4(7)5(8)9;1-5(2,3)4;/h4H,1-3,6-7H2,(H,8,9);(H2,1,2,3,4);1H2/t4-;;/m0../s1. The molecule has 0 bridgehead atoms. The fraction of sp³-hybridized carbons (Fsp3) is 0.800. The third kappa shape index (κ3) is 31.9. The molecule has 0 aromatic heterocycles. The highest BCUT2D eigenvalue weighted by atomic mass is 32.3. The number of aliphatic carboxylic acids is 1. The van der Waals surface area contributed by atoms with E-state index in [1.807, 2.05) is 0 Å². The first kappa shape index (κ1) is 19.7. The predicted molar refractivity (Wildman–Crippen MR) is 51.7 cm³/mol. The summed E-state index contributed by atoms with van der Waals surface area (Å²) in [5.74, 6) is -0.955. The van der Waals surface area contributed by atoms with Crippen molar-refractivity contribution in [1.82, 2.24) is 0 Å². The Morgan fingerprint density at radius 2 is 1.67 bits per heavy atom. The maximum absolute atomic E-state index is 10.0. The van der Waals surface area contributed by atoms with Crippen molar-refractivity contribution in [3.8, 4) is 0 Å². The van der Waals surface area contributed by atoms with Crippen LogP contribution in [0.4, 0.5) is 0 Å². The Bertz CT molecular complexity index is 244. The van der Waals surface area contributed by atoms with E-state index in [-0.39, 0.29) is 5.48 Å². The van der Waals surface area contributed by atoms with Crippen LogP contribution in [0.25, 0.3) is 0 Å². The molecule has 94 valence electrons. The van der Waals surface area contributed by atoms with Crippen LogP contribution in [-0.2, 0) is 15.2 Å². The molecule has 1 atom stereocenters. The molecule has 9 N–H and O–H groups in total. The predicted octanol–water partition coefficient (Wildman–Crippen LogP) is -2.34. The van der Waals surface area contributed by atoms with E-state index in [4.69, 9.17) is 34.1 Å². The average molecular weight is 248 g/mol. The molecule has 0 unspecified atom stereocenters. The maximum atomic E-state index is 10.0. The Morgan fingerprint density at radius 3 is 1.87 bits per heavy atom. The number of nitrogens with two attached hydrogens (primary N) is 2. The molecule has 0 amide bonds. The Hall–Kier alpha value is -0.780. The summed E-state index contributed by atoms with van der Waals surface area (Å²) in [6, 6.07) is -0.742. The Labute approximate surface area is 87.0 Å². The zero-order valence-corrected chi connectivity index (χ0v) is 8.64. The fourth-order valence-corrected chi connectivity index (χ4v) is 0.461. The van der Waals surface area contributed by atoms with E-state index in [9.17, 15) is 4.79 Å². The topological polar surface area (TPSA) is 195 Å². The van der Waals surface area contributed by atoms with E-state index in [1.54, 1.807) is 0 Å². The zero-order chi connectivity index (χ0) is 11.8. The molecule has 0 aliphatic heterocycles. The molecule has 10 heteroatoms. The first-order valence-electron chi connectivity index (χ1n) is 3.56. The number of rotatable bonds is 4. The van der Waals surface area contributed by atoms with Crippen LogP contribution in [0.1, 0.15) is 12.8 Å². The second kappa shape index (κ2) is 9.76. The smallest absolute Gasteiger partial charge is 0.394 e. The molecule has 0 aromatic rings. The average Bonchev–Trinajstić information content (AvgIpc) is 1.96. The Balaban J connectivity index is -0.000000208. The van der Waals surface area contributed by atoms with Crippen molar-refractivity contribution in [2.75, 3.05) is 6.54 Å². The second-order valence-electron chi connectivity index (χ2n) is 2.32. The molecule has 0 saturated carbocycles. The minimum Gasteiger partial charge on any atom is -0.480 e. The van der Waals surface area contributed by atoms with Crippen LogP contribution >= 0.6 is 0 Å². The van der Waals surface area contributed by atoms with Gasteiger partial charge in [-0.15, -0.1) is 0 Å². The van der Waals surface area contributed by atoms with Crippen LogP contribution in [0, 0.1) is 0 Å². The van der Waals surface area contributed by atoms with Gasteiger partial charge in [-0.1, -0.05) is 0 Å². The van der Waals surface area contributed by atoms with Gasteiger partial charge in [-0.05, 0) is 19.4 Å². The summed E-state index contributed by atoms with van der Waals surface area (Å²) in [6.45, 7) is 0.501. The molecule has 0 saturated heterocycles. The van der Waals surface area contributed by atoms with Gasteiger partial charge in [0.05, 0.1) is 0 Å². The summed E-state index contributed by atoms with van der Waals surface area (Å²) < 4.78 is 31.6. The molecule has 0 spiro atoms. The number of carbonyl (C=O) groups is 1. The van der Waals surface area contributed by atoms with Crippen molar-refractivity contribution in [2.24, 2.45) is 11.5 Å². The second-order valence-corrected chi connectivity index (χ2v) is 3.22. The molecule has 0 aliphatic rings. The van der Waals surface area contributed by atoms with Crippen molar-refractivity contribution < 1.29 is 32.9 Å². The minimum absolute atomic E-state index is 0. The molecular formula is C5H16N2O7S. The van der Waals surface area contributed by atoms with E-state index >= 15 is 0 Å². The van der Waals surface area contributed by atoms with Crippen molar-refractivity contribution in [1.29, 1.82) is 0 Å². The van der Waals surface area contributed by atoms with Crippen molar-refractivity contribution in [3.63, 3.8) is 0 Å². The number of carboxylic acid groups (broad SMARTS) is 1. The third-order valence-electron chi connectivity index (χ3n) is 1.04. The van der Waals surface area contributed by atoms with Crippen LogP contribution < -0.4 is 11.5 Å². The van der Waals surface area contributed by atoms with Crippen LogP contribution in [0.15, 0.2) is 0 Å². The maximum Gasteiger partial charge on any atom is 0.394 e. The number of carboxylic acids is 1. The van der Waals surface area contributed by atoms with Gasteiger partial charge in [0.2, 0.25) is 0 Å². The molecule has 0 fully saturated rings. The first-order chi connectivity index (χ1) is 6.18. The molecule has 0 aliphatic carbocycles. The summed E-state index contributed by atoms with van der Waals surface area (Å²) >= 11 is 0. The van der Waals surface area contributed by atoms with Gasteiger partial charge in [-0.2, -0.15) is 8.42 Å². The summed E-state index contributed by atoms with van der Waals surface area (Å²) in [7, 11) is -4.67. The highest BCUT2D eigenvalue weighted by molar-refractivity contribution is 7.79. The van der Waals surface area contributed by atoms with Gasteiger partial charge in [0.25, 0.3) is 0 Å². The molecule has 0 rings (SSSR count). The normalized spacial score (nSPS) is 11.7. The largest absolute Gasteiger partial charge is 0.480 e. The molecule has 0 radical (unpaired) electrons. The summed E-state index contributed by atoms with van der Waals surface area (Å²) in [5, 5.41) is 8.24. The third-order valence-corrected chi connectivity index (χ3v) is 1.04. The highest BCUT2D eigenvalue weighted by Crippen LogP contribution is 1.91. The summed E-state index contributed by atoms with van der Waals surface area (Å²) in [5.41, 5.74) is 10.3. The van der Waals surface area contributed by atoms with Gasteiger partial charge in [0.1, 0.15) is 6.04 Å². The van der Waals surface area contributed by atoms with E-state index in [2.05, 4.69) is 0 Å². The van der Waals surface area contributed by atoms with Gasteiger partial charge in [0, 0.05) is 0 Å². The SMILES string of the molecule is NCCC[C@H](N)C(=O)O.O.O=S(=O)(O)O. The van der Waals surface area contributed by atoms with Gasteiger partial charge in [-0.3, -0.25) is 13.9 Å². The quantitative estimate of drug-likeness (QED) is 0.341. The lowest BCUT2D eigenvalue weighted by Gasteiger charge is -2.02. The Kier molecular flexibility index (Phi) is 12.8. The lowest BCUT2D eigenvalue weighted by atomic mass is 10.2. The van der Waals surface area contributed by atoms with Crippen molar-refractivity contribution in [3.05, 3.63) is 0 Å².